The zero-order valence-electron chi connectivity index (χ0n) is 17.7. The van der Waals surface area contributed by atoms with Gasteiger partial charge >= 0.3 is 0 Å². The van der Waals surface area contributed by atoms with E-state index in [1.165, 1.54) is 0 Å². The van der Waals surface area contributed by atoms with Crippen LogP contribution in [0, 0.1) is 0 Å². The van der Waals surface area contributed by atoms with E-state index in [0.717, 1.165) is 71.9 Å². The smallest absolute Gasteiger partial charge is 0.168 e. The maximum absolute atomic E-state index is 6.57. The fourth-order valence-corrected chi connectivity index (χ4v) is 4.24. The van der Waals surface area contributed by atoms with E-state index in [9.17, 15) is 0 Å². The molecule has 2 N–H and O–H groups in total. The second-order valence-electron chi connectivity index (χ2n) is 7.71. The fraction of sp³-hybridized carbons (Fsp3) is 0.348. The van der Waals surface area contributed by atoms with Gasteiger partial charge in [-0.25, -0.2) is 9.66 Å². The van der Waals surface area contributed by atoms with Gasteiger partial charge in [0.15, 0.2) is 11.5 Å². The summed E-state index contributed by atoms with van der Waals surface area (Å²) in [5, 5.41) is 4.01. The van der Waals surface area contributed by atoms with Crippen molar-refractivity contribution in [2.75, 3.05) is 57.3 Å². The topological polar surface area (TPSA) is 78.0 Å². The Morgan fingerprint density at radius 1 is 1.19 bits per heavy atom. The van der Waals surface area contributed by atoms with Gasteiger partial charge in [0.1, 0.15) is 12.9 Å². The minimum Gasteiger partial charge on any atom is -0.492 e. The second kappa shape index (κ2) is 8.49. The number of benzene rings is 2. The van der Waals surface area contributed by atoms with Gasteiger partial charge in [-0.05, 0) is 29.8 Å². The Bertz CT molecular complexity index is 1090. The molecule has 0 amide bonds. The van der Waals surface area contributed by atoms with E-state index in [4.69, 9.17) is 19.9 Å². The van der Waals surface area contributed by atoms with Crippen LogP contribution in [0.1, 0.15) is 11.1 Å². The Hall–Kier alpha value is -3.23. The Labute approximate surface area is 181 Å². The maximum atomic E-state index is 6.57. The third kappa shape index (κ3) is 3.80. The highest BCUT2D eigenvalue weighted by atomic mass is 16.5. The van der Waals surface area contributed by atoms with Crippen LogP contribution < -0.4 is 20.2 Å². The van der Waals surface area contributed by atoms with Gasteiger partial charge in [0.2, 0.25) is 0 Å². The first-order chi connectivity index (χ1) is 15.2. The summed E-state index contributed by atoms with van der Waals surface area (Å²) in [5.74, 6) is 1.46. The van der Waals surface area contributed by atoms with Gasteiger partial charge in [0.05, 0.1) is 26.9 Å². The molecular weight excluding hydrogens is 394 g/mol. The molecule has 3 aromatic rings. The lowest BCUT2D eigenvalue weighted by molar-refractivity contribution is 0.0321. The first kappa shape index (κ1) is 19.7. The quantitative estimate of drug-likeness (QED) is 0.613. The van der Waals surface area contributed by atoms with Gasteiger partial charge in [-0.2, -0.15) is 0 Å². The number of nitrogens with zero attached hydrogens (tertiary/aromatic N) is 4. The SMILES string of the molecule is COc1c(OCCN2CCOCC2)ccc2c(N)c3c(cc12)CN(n1ccnc1)C=C3. The number of hydrogen-bond acceptors (Lipinski definition) is 7. The molecule has 31 heavy (non-hydrogen) atoms. The average molecular weight is 422 g/mol. The summed E-state index contributed by atoms with van der Waals surface area (Å²) in [6, 6.07) is 6.13. The normalized spacial score (nSPS) is 16.5. The summed E-state index contributed by atoms with van der Waals surface area (Å²) in [5.41, 5.74) is 9.51. The standard InChI is InChI=1S/C23H27N5O3/c1-29-23-20-14-17-15-27(28-7-5-25-16-28)6-4-18(17)22(24)19(20)2-3-21(23)31-13-10-26-8-11-30-12-9-26/h2-7,14,16H,8-13,15,24H2,1H3. The molecule has 0 atom stereocenters. The van der Waals surface area contributed by atoms with Crippen LogP contribution in [0.15, 0.2) is 43.1 Å². The maximum Gasteiger partial charge on any atom is 0.168 e. The highest BCUT2D eigenvalue weighted by Gasteiger charge is 2.20. The molecule has 3 heterocycles. The lowest BCUT2D eigenvalue weighted by Crippen LogP contribution is -2.38. The van der Waals surface area contributed by atoms with E-state index in [-0.39, 0.29) is 0 Å². The molecule has 8 nitrogen and oxygen atoms in total. The van der Waals surface area contributed by atoms with Crippen molar-refractivity contribution in [1.29, 1.82) is 0 Å². The van der Waals surface area contributed by atoms with Crippen molar-refractivity contribution in [3.63, 3.8) is 0 Å². The molecule has 1 aromatic heterocycles. The third-order valence-corrected chi connectivity index (χ3v) is 5.91. The van der Waals surface area contributed by atoms with Crippen LogP contribution in [0.3, 0.4) is 0 Å². The van der Waals surface area contributed by atoms with Crippen molar-refractivity contribution in [3.05, 3.63) is 54.2 Å². The van der Waals surface area contributed by atoms with Crippen molar-refractivity contribution in [2.45, 2.75) is 6.54 Å². The van der Waals surface area contributed by atoms with Crippen LogP contribution in [-0.4, -0.2) is 61.1 Å². The van der Waals surface area contributed by atoms with Gasteiger partial charge in [0.25, 0.3) is 0 Å². The van der Waals surface area contributed by atoms with Gasteiger partial charge in [-0.15, -0.1) is 0 Å². The molecule has 8 heteroatoms. The summed E-state index contributed by atoms with van der Waals surface area (Å²) in [6.07, 6.45) is 9.53. The average Bonchev–Trinajstić information content (AvgIpc) is 3.34. The van der Waals surface area contributed by atoms with Crippen LogP contribution in [0.4, 0.5) is 5.69 Å². The number of aromatic nitrogens is 2. The number of ether oxygens (including phenoxy) is 3. The van der Waals surface area contributed by atoms with Gasteiger partial charge in [-0.3, -0.25) is 9.91 Å². The Kier molecular flexibility index (Phi) is 5.40. The number of methoxy groups -OCH3 is 1. The Morgan fingerprint density at radius 2 is 2.06 bits per heavy atom. The van der Waals surface area contributed by atoms with Crippen LogP contribution in [0.2, 0.25) is 0 Å². The fourth-order valence-electron chi connectivity index (χ4n) is 4.24. The Morgan fingerprint density at radius 3 is 2.84 bits per heavy atom. The monoisotopic (exact) mass is 421 g/mol. The van der Waals surface area contributed by atoms with Crippen molar-refractivity contribution in [2.24, 2.45) is 0 Å². The van der Waals surface area contributed by atoms with E-state index in [1.54, 1.807) is 19.6 Å². The molecule has 5 rings (SSSR count). The highest BCUT2D eigenvalue weighted by Crippen LogP contribution is 2.41. The summed E-state index contributed by atoms with van der Waals surface area (Å²) < 4.78 is 19.3. The molecule has 1 saturated heterocycles. The predicted molar refractivity (Wildman–Crippen MR) is 121 cm³/mol. The molecule has 0 saturated carbocycles. The number of rotatable bonds is 6. The number of fused-ring (bicyclic) bond motifs is 2. The minimum absolute atomic E-state index is 0.597. The Balaban J connectivity index is 1.43. The second-order valence-corrected chi connectivity index (χ2v) is 7.71. The number of imidazole rings is 1. The molecule has 2 aliphatic rings. The largest absolute Gasteiger partial charge is 0.492 e. The summed E-state index contributed by atoms with van der Waals surface area (Å²) in [4.78, 5) is 6.49. The molecule has 2 aliphatic heterocycles. The first-order valence-electron chi connectivity index (χ1n) is 10.5. The summed E-state index contributed by atoms with van der Waals surface area (Å²) in [7, 11) is 1.68. The zero-order chi connectivity index (χ0) is 21.2. The number of anilines is 1. The molecule has 0 spiro atoms. The van der Waals surface area contributed by atoms with Crippen LogP contribution in [0.5, 0.6) is 11.5 Å². The van der Waals surface area contributed by atoms with E-state index in [1.807, 2.05) is 35.3 Å². The van der Waals surface area contributed by atoms with Crippen molar-refractivity contribution in [3.8, 4) is 11.5 Å². The van der Waals surface area contributed by atoms with E-state index in [0.29, 0.717) is 13.2 Å². The van der Waals surface area contributed by atoms with Crippen LogP contribution in [0.25, 0.3) is 16.8 Å². The van der Waals surface area contributed by atoms with Crippen molar-refractivity contribution >= 4 is 22.5 Å². The first-order valence-corrected chi connectivity index (χ1v) is 10.5. The molecule has 162 valence electrons. The third-order valence-electron chi connectivity index (χ3n) is 5.91. The number of hydrogen-bond donors (Lipinski definition) is 1. The molecular formula is C23H27N5O3. The molecule has 0 radical (unpaired) electrons. The molecule has 0 aliphatic carbocycles. The van der Waals surface area contributed by atoms with Crippen molar-refractivity contribution in [1.82, 2.24) is 14.6 Å². The molecule has 0 bridgehead atoms. The van der Waals surface area contributed by atoms with Gasteiger partial charge < -0.3 is 19.9 Å². The number of nitrogen functional groups attached to an aromatic ring is 1. The predicted octanol–water partition coefficient (Wildman–Crippen LogP) is 2.46. The molecule has 0 unspecified atom stereocenters. The summed E-state index contributed by atoms with van der Waals surface area (Å²) in [6.45, 7) is 5.61. The van der Waals surface area contributed by atoms with Crippen LogP contribution in [-0.2, 0) is 11.3 Å². The van der Waals surface area contributed by atoms with E-state index in [2.05, 4.69) is 21.0 Å². The lowest BCUT2D eigenvalue weighted by atomic mass is 9.96. The van der Waals surface area contributed by atoms with E-state index >= 15 is 0 Å². The minimum atomic E-state index is 0.597. The molecule has 1 fully saturated rings. The van der Waals surface area contributed by atoms with Crippen molar-refractivity contribution < 1.29 is 14.2 Å². The molecule has 2 aromatic carbocycles. The number of morpholine rings is 1. The highest BCUT2D eigenvalue weighted by molar-refractivity contribution is 6.02. The zero-order valence-corrected chi connectivity index (χ0v) is 17.7. The van der Waals surface area contributed by atoms with Gasteiger partial charge in [0, 0.05) is 60.3 Å². The van der Waals surface area contributed by atoms with Crippen LogP contribution >= 0.6 is 0 Å². The number of nitrogens with two attached hydrogens (primary N) is 1. The summed E-state index contributed by atoms with van der Waals surface area (Å²) >= 11 is 0. The van der Waals surface area contributed by atoms with Gasteiger partial charge in [-0.1, -0.05) is 0 Å². The van der Waals surface area contributed by atoms with E-state index < -0.39 is 0 Å². The lowest BCUT2D eigenvalue weighted by Gasteiger charge is -2.28.